The zero-order valence-electron chi connectivity index (χ0n) is 14.4. The lowest BCUT2D eigenvalue weighted by Gasteiger charge is -2.33. The minimum Gasteiger partial charge on any atom is -0.316 e. The quantitative estimate of drug-likeness (QED) is 0.816. The molecule has 1 aromatic rings. The van der Waals surface area contributed by atoms with Gasteiger partial charge in [-0.25, -0.2) is 0 Å². The molecule has 0 aromatic carbocycles. The number of rotatable bonds is 7. The summed E-state index contributed by atoms with van der Waals surface area (Å²) in [5.41, 5.74) is 1.54. The van der Waals surface area contributed by atoms with E-state index in [0.29, 0.717) is 12.0 Å². The van der Waals surface area contributed by atoms with Crippen molar-refractivity contribution in [3.8, 4) is 0 Å². The van der Waals surface area contributed by atoms with Crippen LogP contribution in [-0.4, -0.2) is 22.9 Å². The largest absolute Gasteiger partial charge is 0.316 e. The van der Waals surface area contributed by atoms with Crippen molar-refractivity contribution in [3.05, 3.63) is 18.0 Å². The lowest BCUT2D eigenvalue weighted by atomic mass is 9.75. The predicted octanol–water partition coefficient (Wildman–Crippen LogP) is 4.20. The monoisotopic (exact) mass is 291 g/mol. The van der Waals surface area contributed by atoms with E-state index in [4.69, 9.17) is 5.10 Å². The molecule has 1 N–H and O–H groups in total. The van der Waals surface area contributed by atoms with Gasteiger partial charge in [-0.3, -0.25) is 4.68 Å². The molecule has 3 heteroatoms. The van der Waals surface area contributed by atoms with Gasteiger partial charge in [0, 0.05) is 12.7 Å². The Kier molecular flexibility index (Phi) is 5.86. The average Bonchev–Trinajstić information content (AvgIpc) is 2.94. The number of aromatic nitrogens is 2. The molecule has 1 unspecified atom stereocenters. The Balaban J connectivity index is 2.02. The van der Waals surface area contributed by atoms with Crippen molar-refractivity contribution in [1.82, 2.24) is 15.1 Å². The Bertz CT molecular complexity index is 418. The summed E-state index contributed by atoms with van der Waals surface area (Å²) in [6, 6.07) is 2.88. The van der Waals surface area contributed by atoms with Crippen LogP contribution in [0.4, 0.5) is 0 Å². The van der Waals surface area contributed by atoms with Gasteiger partial charge in [-0.2, -0.15) is 5.10 Å². The topological polar surface area (TPSA) is 29.9 Å². The predicted molar refractivity (Wildman–Crippen MR) is 89.5 cm³/mol. The van der Waals surface area contributed by atoms with Crippen LogP contribution in [0.1, 0.15) is 71.5 Å². The summed E-state index contributed by atoms with van der Waals surface area (Å²) >= 11 is 0. The molecule has 1 aliphatic carbocycles. The van der Waals surface area contributed by atoms with Crippen LogP contribution in [0.15, 0.2) is 12.3 Å². The molecule has 1 fully saturated rings. The van der Waals surface area contributed by atoms with E-state index in [1.807, 2.05) is 0 Å². The van der Waals surface area contributed by atoms with Crippen molar-refractivity contribution < 1.29 is 0 Å². The maximum atomic E-state index is 4.90. The van der Waals surface area contributed by atoms with E-state index >= 15 is 0 Å². The minimum absolute atomic E-state index is 0.280. The van der Waals surface area contributed by atoms with Crippen molar-refractivity contribution in [3.63, 3.8) is 0 Å². The van der Waals surface area contributed by atoms with Gasteiger partial charge in [0.2, 0.25) is 0 Å². The van der Waals surface area contributed by atoms with Gasteiger partial charge < -0.3 is 5.32 Å². The second-order valence-electron chi connectivity index (χ2n) is 7.34. The number of hydrogen-bond acceptors (Lipinski definition) is 2. The number of hydrogen-bond donors (Lipinski definition) is 1. The molecule has 0 spiro atoms. The van der Waals surface area contributed by atoms with Gasteiger partial charge in [-0.1, -0.05) is 47.0 Å². The van der Waals surface area contributed by atoms with Crippen LogP contribution in [0.5, 0.6) is 0 Å². The van der Waals surface area contributed by atoms with Crippen molar-refractivity contribution in [1.29, 1.82) is 0 Å². The maximum absolute atomic E-state index is 4.90. The lowest BCUT2D eigenvalue weighted by Crippen LogP contribution is -2.38. The SMILES string of the molecule is CCNCC(C)(Cc1ccn(C2CCCCC2)n1)C(C)C. The fourth-order valence-electron chi connectivity index (χ4n) is 3.32. The summed E-state index contributed by atoms with van der Waals surface area (Å²) in [6.45, 7) is 11.3. The Morgan fingerprint density at radius 2 is 2.05 bits per heavy atom. The molecule has 0 bridgehead atoms. The standard InChI is InChI=1S/C18H33N3/c1-5-19-14-18(4,15(2)3)13-16-11-12-21(20-16)17-9-7-6-8-10-17/h11-12,15,17,19H,5-10,13-14H2,1-4H3. The third kappa shape index (κ3) is 4.32. The molecular weight excluding hydrogens is 258 g/mol. The second-order valence-corrected chi connectivity index (χ2v) is 7.34. The van der Waals surface area contributed by atoms with Crippen LogP contribution in [0, 0.1) is 11.3 Å². The summed E-state index contributed by atoms with van der Waals surface area (Å²) in [7, 11) is 0. The molecule has 120 valence electrons. The molecule has 1 heterocycles. The highest BCUT2D eigenvalue weighted by Gasteiger charge is 2.29. The summed E-state index contributed by atoms with van der Waals surface area (Å²) < 4.78 is 2.24. The molecule has 1 atom stereocenters. The highest BCUT2D eigenvalue weighted by atomic mass is 15.3. The summed E-state index contributed by atoms with van der Waals surface area (Å²) in [5.74, 6) is 0.649. The molecular formula is C18H33N3. The van der Waals surface area contributed by atoms with E-state index in [9.17, 15) is 0 Å². The number of nitrogens with zero attached hydrogens (tertiary/aromatic N) is 2. The van der Waals surface area contributed by atoms with E-state index in [1.165, 1.54) is 37.8 Å². The maximum Gasteiger partial charge on any atom is 0.0630 e. The molecule has 3 nitrogen and oxygen atoms in total. The van der Waals surface area contributed by atoms with E-state index in [2.05, 4.69) is 50.0 Å². The van der Waals surface area contributed by atoms with Gasteiger partial charge in [0.1, 0.15) is 0 Å². The van der Waals surface area contributed by atoms with Gasteiger partial charge in [0.05, 0.1) is 11.7 Å². The molecule has 0 saturated heterocycles. The highest BCUT2D eigenvalue weighted by Crippen LogP contribution is 2.31. The molecule has 1 saturated carbocycles. The van der Waals surface area contributed by atoms with Crippen molar-refractivity contribution >= 4 is 0 Å². The third-order valence-corrected chi connectivity index (χ3v) is 5.37. The number of nitrogens with one attached hydrogen (secondary N) is 1. The zero-order chi connectivity index (χ0) is 15.3. The first-order valence-electron chi connectivity index (χ1n) is 8.80. The van der Waals surface area contributed by atoms with Crippen LogP contribution in [0.2, 0.25) is 0 Å². The smallest absolute Gasteiger partial charge is 0.0630 e. The van der Waals surface area contributed by atoms with Crippen LogP contribution < -0.4 is 5.32 Å². The zero-order valence-corrected chi connectivity index (χ0v) is 14.4. The van der Waals surface area contributed by atoms with Gasteiger partial charge in [0.25, 0.3) is 0 Å². The second kappa shape index (κ2) is 7.44. The summed E-state index contributed by atoms with van der Waals surface area (Å²) in [4.78, 5) is 0. The molecule has 0 radical (unpaired) electrons. The van der Waals surface area contributed by atoms with Crippen LogP contribution >= 0.6 is 0 Å². The molecule has 21 heavy (non-hydrogen) atoms. The highest BCUT2D eigenvalue weighted by molar-refractivity contribution is 5.04. The fraction of sp³-hybridized carbons (Fsp3) is 0.833. The van der Waals surface area contributed by atoms with Gasteiger partial charge in [-0.15, -0.1) is 0 Å². The van der Waals surface area contributed by atoms with Gasteiger partial charge >= 0.3 is 0 Å². The molecule has 1 aromatic heterocycles. The normalized spacial score (nSPS) is 19.9. The van der Waals surface area contributed by atoms with Crippen LogP contribution in [-0.2, 0) is 6.42 Å². The van der Waals surface area contributed by atoms with E-state index < -0.39 is 0 Å². The molecule has 2 rings (SSSR count). The first kappa shape index (κ1) is 16.5. The fourth-order valence-corrected chi connectivity index (χ4v) is 3.32. The molecule has 0 aliphatic heterocycles. The lowest BCUT2D eigenvalue weighted by molar-refractivity contribution is 0.205. The van der Waals surface area contributed by atoms with Crippen molar-refractivity contribution in [2.45, 2.75) is 72.3 Å². The van der Waals surface area contributed by atoms with Gasteiger partial charge in [0.15, 0.2) is 0 Å². The first-order valence-corrected chi connectivity index (χ1v) is 8.80. The first-order chi connectivity index (χ1) is 10.0. The van der Waals surface area contributed by atoms with Crippen molar-refractivity contribution in [2.24, 2.45) is 11.3 Å². The molecule has 0 amide bonds. The average molecular weight is 291 g/mol. The Morgan fingerprint density at radius 3 is 2.67 bits per heavy atom. The van der Waals surface area contributed by atoms with Crippen LogP contribution in [0.25, 0.3) is 0 Å². The Morgan fingerprint density at radius 1 is 1.33 bits per heavy atom. The van der Waals surface area contributed by atoms with E-state index in [-0.39, 0.29) is 5.41 Å². The van der Waals surface area contributed by atoms with E-state index in [0.717, 1.165) is 19.5 Å². The minimum atomic E-state index is 0.280. The summed E-state index contributed by atoms with van der Waals surface area (Å²) in [5, 5.41) is 8.42. The molecule has 1 aliphatic rings. The Hall–Kier alpha value is -0.830. The third-order valence-electron chi connectivity index (χ3n) is 5.37. The summed E-state index contributed by atoms with van der Waals surface area (Å²) in [6.07, 6.45) is 10.0. The Labute approximate surface area is 130 Å². The van der Waals surface area contributed by atoms with Gasteiger partial charge in [-0.05, 0) is 43.2 Å². The van der Waals surface area contributed by atoms with Crippen molar-refractivity contribution in [2.75, 3.05) is 13.1 Å². The van der Waals surface area contributed by atoms with Crippen LogP contribution in [0.3, 0.4) is 0 Å². The van der Waals surface area contributed by atoms with E-state index in [1.54, 1.807) is 0 Å².